The Bertz CT molecular complexity index is 1220. The lowest BCUT2D eigenvalue weighted by Crippen LogP contribution is -2.44. The average Bonchev–Trinajstić information content (AvgIpc) is 3.01. The number of unbranched alkanes of at least 4 members (excludes halogenated alkanes) is 2. The van der Waals surface area contributed by atoms with E-state index in [1.54, 1.807) is 23.6 Å². The minimum Gasteiger partial charge on any atom is -0.443 e. The first-order valence-electron chi connectivity index (χ1n) is 13.2. The van der Waals surface area contributed by atoms with Crippen LogP contribution in [0.15, 0.2) is 23.0 Å². The molecular weight excluding hydrogens is 472 g/mol. The molecule has 1 saturated heterocycles. The van der Waals surface area contributed by atoms with Crippen molar-refractivity contribution in [3.8, 4) is 0 Å². The van der Waals surface area contributed by atoms with E-state index in [-0.39, 0.29) is 29.5 Å². The highest BCUT2D eigenvalue weighted by Gasteiger charge is 2.32. The molecule has 0 radical (unpaired) electrons. The van der Waals surface area contributed by atoms with Gasteiger partial charge in [0.2, 0.25) is 11.8 Å². The Morgan fingerprint density at radius 1 is 1.08 bits per heavy atom. The number of carbonyl (C=O) groups is 3. The molecule has 0 spiro atoms. The molecule has 1 aliphatic heterocycles. The van der Waals surface area contributed by atoms with Crippen LogP contribution in [0.1, 0.15) is 84.7 Å². The SMILES string of the molecule is CN(CCCCCc1ccc2c(c1)n(C)c(=O)n2C1CCC(=O)NC1=O)C(=O)OC(C)(C)CC(C)(C)C. The summed E-state index contributed by atoms with van der Waals surface area (Å²) in [5.74, 6) is -0.731. The zero-order valence-electron chi connectivity index (χ0n) is 23.3. The first kappa shape index (κ1) is 28.5. The standard InChI is InChI=1S/C28H42N4O5/c1-27(2,3)18-28(4,5)37-26(36)30(6)16-10-8-9-11-19-12-13-20-22(17-19)31(7)25(35)32(20)21-14-15-23(33)29-24(21)34/h12-13,17,21H,8-11,14-16,18H2,1-7H3,(H,29,33,34). The van der Waals surface area contributed by atoms with Gasteiger partial charge in [0.25, 0.3) is 0 Å². The fourth-order valence-electron chi connectivity index (χ4n) is 5.37. The molecule has 3 amide bonds. The number of carbonyl (C=O) groups excluding carboxylic acids is 3. The molecule has 2 heterocycles. The number of fused-ring (bicyclic) bond motifs is 1. The molecule has 1 unspecified atom stereocenters. The van der Waals surface area contributed by atoms with Crippen LogP contribution in [0.3, 0.4) is 0 Å². The number of amides is 3. The molecule has 1 atom stereocenters. The lowest BCUT2D eigenvalue weighted by Gasteiger charge is -2.33. The van der Waals surface area contributed by atoms with Gasteiger partial charge in [-0.3, -0.25) is 24.0 Å². The van der Waals surface area contributed by atoms with Crippen molar-refractivity contribution >= 4 is 28.9 Å². The Labute approximate surface area is 219 Å². The van der Waals surface area contributed by atoms with Crippen LogP contribution in [0.25, 0.3) is 11.0 Å². The maximum Gasteiger partial charge on any atom is 0.410 e. The van der Waals surface area contributed by atoms with Gasteiger partial charge in [-0.15, -0.1) is 0 Å². The zero-order valence-corrected chi connectivity index (χ0v) is 23.3. The first-order valence-corrected chi connectivity index (χ1v) is 13.2. The van der Waals surface area contributed by atoms with Crippen LogP contribution < -0.4 is 11.0 Å². The van der Waals surface area contributed by atoms with Crippen LogP contribution in [-0.2, 0) is 27.8 Å². The normalized spacial score (nSPS) is 16.7. The summed E-state index contributed by atoms with van der Waals surface area (Å²) in [6.07, 6.45) is 4.66. The van der Waals surface area contributed by atoms with Crippen LogP contribution in [-0.4, -0.2) is 51.1 Å². The second kappa shape index (κ2) is 11.1. The second-order valence-electron chi connectivity index (χ2n) is 12.1. The van der Waals surface area contributed by atoms with E-state index < -0.39 is 17.6 Å². The third kappa shape index (κ3) is 7.23. The minimum absolute atomic E-state index is 0.0746. The van der Waals surface area contributed by atoms with Crippen LogP contribution in [0, 0.1) is 5.41 Å². The number of imide groups is 1. The fourth-order valence-corrected chi connectivity index (χ4v) is 5.37. The summed E-state index contributed by atoms with van der Waals surface area (Å²) in [6, 6.07) is 5.20. The van der Waals surface area contributed by atoms with Crippen LogP contribution in [0.4, 0.5) is 4.79 Å². The predicted octanol–water partition coefficient (Wildman–Crippen LogP) is 4.31. The van der Waals surface area contributed by atoms with E-state index in [0.29, 0.717) is 18.5 Å². The number of aromatic nitrogens is 2. The molecule has 2 aromatic rings. The third-order valence-electron chi connectivity index (χ3n) is 6.77. The zero-order chi connectivity index (χ0) is 27.5. The van der Waals surface area contributed by atoms with E-state index in [4.69, 9.17) is 4.74 Å². The van der Waals surface area contributed by atoms with Crippen LogP contribution in [0.2, 0.25) is 0 Å². The van der Waals surface area contributed by atoms with Crippen molar-refractivity contribution in [3.63, 3.8) is 0 Å². The number of rotatable bonds is 9. The molecular formula is C28H42N4O5. The maximum absolute atomic E-state index is 12.9. The van der Waals surface area contributed by atoms with E-state index in [1.165, 1.54) is 4.57 Å². The van der Waals surface area contributed by atoms with Gasteiger partial charge in [-0.25, -0.2) is 9.59 Å². The van der Waals surface area contributed by atoms with Gasteiger partial charge in [0.05, 0.1) is 11.0 Å². The van der Waals surface area contributed by atoms with Crippen LogP contribution in [0.5, 0.6) is 0 Å². The molecule has 9 nitrogen and oxygen atoms in total. The Morgan fingerprint density at radius 2 is 1.78 bits per heavy atom. The van der Waals surface area contributed by atoms with E-state index in [0.717, 1.165) is 43.2 Å². The van der Waals surface area contributed by atoms with Crippen LogP contribution >= 0.6 is 0 Å². The summed E-state index contributed by atoms with van der Waals surface area (Å²) in [5, 5.41) is 2.34. The van der Waals surface area contributed by atoms with Crippen molar-refractivity contribution in [1.29, 1.82) is 0 Å². The number of piperidine rings is 1. The molecule has 1 N–H and O–H groups in total. The van der Waals surface area contributed by atoms with Gasteiger partial charge in [-0.05, 0) is 69.1 Å². The van der Waals surface area contributed by atoms with Crippen molar-refractivity contribution in [1.82, 2.24) is 19.4 Å². The molecule has 204 valence electrons. The number of benzene rings is 1. The molecule has 1 aliphatic rings. The van der Waals surface area contributed by atoms with E-state index in [1.807, 2.05) is 32.0 Å². The van der Waals surface area contributed by atoms with Gasteiger partial charge < -0.3 is 9.64 Å². The fraction of sp³-hybridized carbons (Fsp3) is 0.643. The highest BCUT2D eigenvalue weighted by atomic mass is 16.6. The maximum atomic E-state index is 12.9. The van der Waals surface area contributed by atoms with E-state index >= 15 is 0 Å². The second-order valence-corrected chi connectivity index (χ2v) is 12.1. The number of nitrogens with one attached hydrogen (secondary N) is 1. The lowest BCUT2D eigenvalue weighted by molar-refractivity contribution is -0.135. The lowest BCUT2D eigenvalue weighted by atomic mass is 9.84. The summed E-state index contributed by atoms with van der Waals surface area (Å²) in [6.45, 7) is 10.9. The topological polar surface area (TPSA) is 103 Å². The van der Waals surface area contributed by atoms with Crippen molar-refractivity contribution in [3.05, 3.63) is 34.2 Å². The Hall–Kier alpha value is -3.10. The summed E-state index contributed by atoms with van der Waals surface area (Å²) in [7, 11) is 3.48. The summed E-state index contributed by atoms with van der Waals surface area (Å²) in [4.78, 5) is 50.9. The molecule has 1 aromatic carbocycles. The van der Waals surface area contributed by atoms with Gasteiger partial charge in [0.15, 0.2) is 0 Å². The van der Waals surface area contributed by atoms with Gasteiger partial charge in [-0.1, -0.05) is 33.3 Å². The third-order valence-corrected chi connectivity index (χ3v) is 6.77. The summed E-state index contributed by atoms with van der Waals surface area (Å²) < 4.78 is 8.80. The highest BCUT2D eigenvalue weighted by molar-refractivity contribution is 6.00. The van der Waals surface area contributed by atoms with Crippen molar-refractivity contribution in [2.45, 2.75) is 91.2 Å². The molecule has 1 fully saturated rings. The Balaban J connectivity index is 1.53. The van der Waals surface area contributed by atoms with Gasteiger partial charge in [0.1, 0.15) is 11.6 Å². The number of hydrogen-bond donors (Lipinski definition) is 1. The quantitative estimate of drug-likeness (QED) is 0.397. The monoisotopic (exact) mass is 514 g/mol. The predicted molar refractivity (Wildman–Crippen MR) is 143 cm³/mol. The average molecular weight is 515 g/mol. The number of nitrogens with zero attached hydrogens (tertiary/aromatic N) is 3. The molecule has 0 aliphatic carbocycles. The summed E-state index contributed by atoms with van der Waals surface area (Å²) >= 11 is 0. The molecule has 1 aromatic heterocycles. The van der Waals surface area contributed by atoms with Crippen molar-refractivity contribution < 1.29 is 19.1 Å². The van der Waals surface area contributed by atoms with Gasteiger partial charge >= 0.3 is 11.8 Å². The largest absolute Gasteiger partial charge is 0.443 e. The molecule has 9 heteroatoms. The van der Waals surface area contributed by atoms with Crippen molar-refractivity contribution in [2.75, 3.05) is 13.6 Å². The van der Waals surface area contributed by atoms with E-state index in [2.05, 4.69) is 26.1 Å². The molecule has 0 saturated carbocycles. The van der Waals surface area contributed by atoms with Gasteiger partial charge in [0, 0.05) is 27.1 Å². The smallest absolute Gasteiger partial charge is 0.410 e. The Morgan fingerprint density at radius 3 is 2.43 bits per heavy atom. The van der Waals surface area contributed by atoms with E-state index in [9.17, 15) is 19.2 Å². The highest BCUT2D eigenvalue weighted by Crippen LogP contribution is 2.30. The van der Waals surface area contributed by atoms with Crippen molar-refractivity contribution in [2.24, 2.45) is 12.5 Å². The summed E-state index contributed by atoms with van der Waals surface area (Å²) in [5.41, 5.74) is 1.88. The Kier molecular flexibility index (Phi) is 8.55. The number of ether oxygens (including phenoxy) is 1. The first-order chi connectivity index (χ1) is 17.2. The number of imidazole rings is 1. The molecule has 0 bridgehead atoms. The number of aryl methyl sites for hydroxylation is 2. The van der Waals surface area contributed by atoms with Gasteiger partial charge in [-0.2, -0.15) is 0 Å². The molecule has 3 rings (SSSR count). The number of hydrogen-bond acceptors (Lipinski definition) is 5. The minimum atomic E-state index is -0.678. The molecule has 37 heavy (non-hydrogen) atoms.